The maximum absolute atomic E-state index is 13.0. The van der Waals surface area contributed by atoms with Gasteiger partial charge in [-0.1, -0.05) is 24.3 Å². The highest BCUT2D eigenvalue weighted by molar-refractivity contribution is 6.09. The smallest absolute Gasteiger partial charge is 0.314 e. The number of hydrogen-bond donors (Lipinski definition) is 0. The molecule has 0 bridgehead atoms. The second kappa shape index (κ2) is 7.95. The minimum atomic E-state index is -0.815. The highest BCUT2D eigenvalue weighted by atomic mass is 16.5. The van der Waals surface area contributed by atoms with E-state index in [0.717, 1.165) is 5.56 Å². The zero-order valence-corrected chi connectivity index (χ0v) is 16.6. The number of esters is 2. The summed E-state index contributed by atoms with van der Waals surface area (Å²) in [7, 11) is 2.54. The van der Waals surface area contributed by atoms with Crippen molar-refractivity contribution in [2.45, 2.75) is 26.2 Å². The van der Waals surface area contributed by atoms with Gasteiger partial charge in [-0.25, -0.2) is 4.98 Å². The van der Waals surface area contributed by atoms with Gasteiger partial charge >= 0.3 is 11.9 Å². The van der Waals surface area contributed by atoms with Crippen molar-refractivity contribution in [3.8, 4) is 0 Å². The molecule has 3 rings (SSSR count). The molecule has 2 unspecified atom stereocenters. The molecule has 0 saturated heterocycles. The number of ketones is 1. The number of fused-ring (bicyclic) bond motifs is 1. The molecule has 29 heavy (non-hydrogen) atoms. The van der Waals surface area contributed by atoms with Gasteiger partial charge < -0.3 is 9.47 Å². The van der Waals surface area contributed by atoms with E-state index in [1.807, 2.05) is 0 Å². The fourth-order valence-corrected chi connectivity index (χ4v) is 3.94. The van der Waals surface area contributed by atoms with Crippen molar-refractivity contribution in [1.29, 1.82) is 0 Å². The lowest BCUT2D eigenvalue weighted by Gasteiger charge is -2.17. The van der Waals surface area contributed by atoms with Crippen molar-refractivity contribution in [2.75, 3.05) is 14.2 Å². The molecule has 1 aromatic heterocycles. The Balaban J connectivity index is 2.10. The minimum absolute atomic E-state index is 0.259. The van der Waals surface area contributed by atoms with Crippen molar-refractivity contribution in [3.05, 3.63) is 63.5 Å². The van der Waals surface area contributed by atoms with Crippen LogP contribution >= 0.6 is 0 Å². The largest absolute Gasteiger partial charge is 0.469 e. The van der Waals surface area contributed by atoms with E-state index in [4.69, 9.17) is 9.47 Å². The van der Waals surface area contributed by atoms with Crippen LogP contribution in [0.5, 0.6) is 0 Å². The molecule has 1 aliphatic carbocycles. The zero-order valence-electron chi connectivity index (χ0n) is 16.6. The fourth-order valence-electron chi connectivity index (χ4n) is 3.94. The van der Waals surface area contributed by atoms with Crippen molar-refractivity contribution < 1.29 is 28.7 Å². The molecule has 0 spiro atoms. The number of pyridine rings is 1. The van der Waals surface area contributed by atoms with Crippen molar-refractivity contribution in [3.63, 3.8) is 0 Å². The number of aryl methyl sites for hydroxylation is 1. The van der Waals surface area contributed by atoms with Gasteiger partial charge in [0.1, 0.15) is 12.0 Å². The molecular formula is C22H21NO6. The molecule has 2 atom stereocenters. The summed E-state index contributed by atoms with van der Waals surface area (Å²) in [6, 6.07) is 6.28. The monoisotopic (exact) mass is 395 g/mol. The van der Waals surface area contributed by atoms with Gasteiger partial charge in [0, 0.05) is 16.8 Å². The van der Waals surface area contributed by atoms with E-state index >= 15 is 0 Å². The van der Waals surface area contributed by atoms with Crippen molar-refractivity contribution >= 4 is 24.0 Å². The van der Waals surface area contributed by atoms with Crippen LogP contribution in [0, 0.1) is 19.8 Å². The summed E-state index contributed by atoms with van der Waals surface area (Å²) in [5.74, 6) is -2.87. The lowest BCUT2D eigenvalue weighted by Crippen LogP contribution is -2.27. The Kier molecular flexibility index (Phi) is 5.59. The number of nitrogens with zero attached hydrogens (tertiary/aromatic N) is 1. The van der Waals surface area contributed by atoms with E-state index in [-0.39, 0.29) is 17.9 Å². The average Bonchev–Trinajstić information content (AvgIpc) is 3.16. The molecule has 0 fully saturated rings. The van der Waals surface area contributed by atoms with Crippen LogP contribution in [-0.2, 0) is 25.5 Å². The Morgan fingerprint density at radius 1 is 1.03 bits per heavy atom. The van der Waals surface area contributed by atoms with Crippen LogP contribution in [-0.4, -0.2) is 43.2 Å². The lowest BCUT2D eigenvalue weighted by molar-refractivity contribution is -0.153. The molecule has 0 N–H and O–H groups in total. The van der Waals surface area contributed by atoms with E-state index in [2.05, 4.69) is 4.98 Å². The van der Waals surface area contributed by atoms with Crippen molar-refractivity contribution in [2.24, 2.45) is 5.92 Å². The standard InChI is InChI=1S/C22H21NO6/c1-11-15-9-16(21(26)28-3)18(22(27)29-4)17(15)12(2)23-19(11)20(25)14-7-5-13(10-24)6-8-14/h5-8,10,16,18H,9H2,1-4H3. The first-order chi connectivity index (χ1) is 13.8. The SMILES string of the molecule is COC(=O)C1Cc2c(C)c(C(=O)c3ccc(C=O)cc3)nc(C)c2C1C(=O)OC. The Bertz CT molecular complexity index is 1010. The third-order valence-corrected chi connectivity index (χ3v) is 5.42. The van der Waals surface area contributed by atoms with Gasteiger partial charge in [-0.05, 0) is 37.0 Å². The quantitative estimate of drug-likeness (QED) is 0.435. The number of rotatable bonds is 5. The van der Waals surface area contributed by atoms with E-state index in [1.54, 1.807) is 38.1 Å². The molecule has 0 saturated carbocycles. The molecule has 0 radical (unpaired) electrons. The Morgan fingerprint density at radius 2 is 1.66 bits per heavy atom. The summed E-state index contributed by atoms with van der Waals surface area (Å²) >= 11 is 0. The van der Waals surface area contributed by atoms with Gasteiger partial charge in [-0.3, -0.25) is 19.2 Å². The van der Waals surface area contributed by atoms with Crippen LogP contribution in [0.15, 0.2) is 24.3 Å². The molecular weight excluding hydrogens is 374 g/mol. The van der Waals surface area contributed by atoms with Crippen LogP contribution in [0.25, 0.3) is 0 Å². The maximum Gasteiger partial charge on any atom is 0.314 e. The van der Waals surface area contributed by atoms with Gasteiger partial charge in [0.05, 0.1) is 26.1 Å². The minimum Gasteiger partial charge on any atom is -0.469 e. The molecule has 2 aromatic rings. The van der Waals surface area contributed by atoms with E-state index in [9.17, 15) is 19.2 Å². The molecule has 0 aliphatic heterocycles. The first kappa shape index (κ1) is 20.4. The molecule has 0 amide bonds. The fraction of sp³-hybridized carbons (Fsp3) is 0.318. The molecule has 1 aliphatic rings. The first-order valence-electron chi connectivity index (χ1n) is 9.09. The van der Waals surface area contributed by atoms with Gasteiger partial charge in [0.2, 0.25) is 5.78 Å². The summed E-state index contributed by atoms with van der Waals surface area (Å²) in [5.41, 5.74) is 3.62. The first-order valence-corrected chi connectivity index (χ1v) is 9.09. The second-order valence-corrected chi connectivity index (χ2v) is 6.97. The Morgan fingerprint density at radius 3 is 2.21 bits per heavy atom. The predicted molar refractivity (Wildman–Crippen MR) is 103 cm³/mol. The number of hydrogen-bond acceptors (Lipinski definition) is 7. The summed E-state index contributed by atoms with van der Waals surface area (Å²) in [5, 5.41) is 0. The second-order valence-electron chi connectivity index (χ2n) is 6.97. The molecule has 1 heterocycles. The number of benzene rings is 1. The van der Waals surface area contributed by atoms with Gasteiger partial charge in [-0.2, -0.15) is 0 Å². The topological polar surface area (TPSA) is 99.6 Å². The van der Waals surface area contributed by atoms with Crippen LogP contribution in [0.2, 0.25) is 0 Å². The van der Waals surface area contributed by atoms with Gasteiger partial charge in [-0.15, -0.1) is 0 Å². The number of ether oxygens (including phenoxy) is 2. The Labute approximate surface area is 168 Å². The molecule has 7 nitrogen and oxygen atoms in total. The van der Waals surface area contributed by atoms with Crippen LogP contribution in [0.4, 0.5) is 0 Å². The predicted octanol–water partition coefficient (Wildman–Crippen LogP) is 2.34. The third-order valence-electron chi connectivity index (χ3n) is 5.42. The van der Waals surface area contributed by atoms with Crippen LogP contribution in [0.1, 0.15) is 54.7 Å². The van der Waals surface area contributed by atoms with E-state index in [0.29, 0.717) is 34.2 Å². The highest BCUT2D eigenvalue weighted by Crippen LogP contribution is 2.43. The average molecular weight is 395 g/mol. The third kappa shape index (κ3) is 3.44. The van der Waals surface area contributed by atoms with E-state index in [1.165, 1.54) is 14.2 Å². The molecule has 1 aromatic carbocycles. The van der Waals surface area contributed by atoms with Gasteiger partial charge in [0.25, 0.3) is 0 Å². The lowest BCUT2D eigenvalue weighted by atomic mass is 9.91. The van der Waals surface area contributed by atoms with Crippen molar-refractivity contribution in [1.82, 2.24) is 4.98 Å². The Hall–Kier alpha value is -3.35. The van der Waals surface area contributed by atoms with Crippen LogP contribution in [0.3, 0.4) is 0 Å². The highest BCUT2D eigenvalue weighted by Gasteiger charge is 2.45. The van der Waals surface area contributed by atoms with Crippen LogP contribution < -0.4 is 0 Å². The number of carbonyl (C=O) groups is 4. The summed E-state index contributed by atoms with van der Waals surface area (Å²) in [6.07, 6.45) is 0.971. The number of aromatic nitrogens is 1. The normalized spacial score (nSPS) is 17.4. The summed E-state index contributed by atoms with van der Waals surface area (Å²) < 4.78 is 9.79. The zero-order chi connectivity index (χ0) is 21.3. The molecule has 150 valence electrons. The molecule has 7 heteroatoms. The summed E-state index contributed by atoms with van der Waals surface area (Å²) in [6.45, 7) is 3.46. The van der Waals surface area contributed by atoms with Gasteiger partial charge in [0.15, 0.2) is 0 Å². The van der Waals surface area contributed by atoms with E-state index < -0.39 is 23.8 Å². The number of aldehydes is 1. The summed E-state index contributed by atoms with van der Waals surface area (Å²) in [4.78, 5) is 53.0. The maximum atomic E-state index is 13.0. The number of carbonyl (C=O) groups excluding carboxylic acids is 4. The number of methoxy groups -OCH3 is 2.